The summed E-state index contributed by atoms with van der Waals surface area (Å²) in [5, 5.41) is 0.524. The van der Waals surface area contributed by atoms with Crippen molar-refractivity contribution in [2.24, 2.45) is 0 Å². The van der Waals surface area contributed by atoms with E-state index in [0.717, 1.165) is 0 Å². The number of pyridine rings is 1. The SMILES string of the molecule is Fc1c(Cl)cccc1OCc1ccc(Cl)nc1Cl. The van der Waals surface area contributed by atoms with E-state index in [9.17, 15) is 4.39 Å². The predicted molar refractivity (Wildman–Crippen MR) is 70.0 cm³/mol. The number of hydrogen-bond acceptors (Lipinski definition) is 2. The molecule has 1 aromatic heterocycles. The summed E-state index contributed by atoms with van der Waals surface area (Å²) in [5.74, 6) is -0.536. The van der Waals surface area contributed by atoms with E-state index in [0.29, 0.717) is 5.56 Å². The molecule has 0 amide bonds. The number of nitrogens with zero attached hydrogens (tertiary/aromatic N) is 1. The zero-order chi connectivity index (χ0) is 13.1. The van der Waals surface area contributed by atoms with Gasteiger partial charge in [-0.2, -0.15) is 0 Å². The number of hydrogen-bond donors (Lipinski definition) is 0. The highest BCUT2D eigenvalue weighted by molar-refractivity contribution is 6.32. The minimum absolute atomic E-state index is 0.00725. The minimum Gasteiger partial charge on any atom is -0.486 e. The summed E-state index contributed by atoms with van der Waals surface area (Å²) in [6.07, 6.45) is 0. The van der Waals surface area contributed by atoms with E-state index in [1.54, 1.807) is 18.2 Å². The summed E-state index contributed by atoms with van der Waals surface area (Å²) < 4.78 is 18.8. The summed E-state index contributed by atoms with van der Waals surface area (Å²) in [5.41, 5.74) is 0.612. The van der Waals surface area contributed by atoms with Crippen LogP contribution >= 0.6 is 34.8 Å². The van der Waals surface area contributed by atoms with Gasteiger partial charge in [-0.1, -0.05) is 40.9 Å². The summed E-state index contributed by atoms with van der Waals surface area (Å²) in [6, 6.07) is 7.78. The molecule has 0 aliphatic carbocycles. The van der Waals surface area contributed by atoms with E-state index in [4.69, 9.17) is 39.5 Å². The number of rotatable bonds is 3. The molecule has 0 aliphatic heterocycles. The monoisotopic (exact) mass is 305 g/mol. The largest absolute Gasteiger partial charge is 0.486 e. The second-order valence-corrected chi connectivity index (χ2v) is 4.58. The van der Waals surface area contributed by atoms with Crippen LogP contribution in [0.1, 0.15) is 5.56 Å². The molecule has 0 aliphatic rings. The fourth-order valence-electron chi connectivity index (χ4n) is 1.30. The molecule has 0 atom stereocenters. The molecule has 18 heavy (non-hydrogen) atoms. The van der Waals surface area contributed by atoms with E-state index in [2.05, 4.69) is 4.98 Å². The molecule has 0 radical (unpaired) electrons. The quantitative estimate of drug-likeness (QED) is 0.763. The average molecular weight is 307 g/mol. The maximum Gasteiger partial charge on any atom is 0.183 e. The van der Waals surface area contributed by atoms with Crippen molar-refractivity contribution in [3.05, 3.63) is 57.0 Å². The van der Waals surface area contributed by atoms with Crippen molar-refractivity contribution >= 4 is 34.8 Å². The van der Waals surface area contributed by atoms with Crippen molar-refractivity contribution in [1.82, 2.24) is 4.98 Å². The normalized spacial score (nSPS) is 10.4. The molecule has 2 rings (SSSR count). The first-order chi connectivity index (χ1) is 8.58. The number of aromatic nitrogens is 1. The Morgan fingerprint density at radius 2 is 1.89 bits per heavy atom. The van der Waals surface area contributed by atoms with Crippen LogP contribution in [0.25, 0.3) is 0 Å². The van der Waals surface area contributed by atoms with Crippen LogP contribution in [0.3, 0.4) is 0 Å². The molecule has 0 saturated carbocycles. The fraction of sp³-hybridized carbons (Fsp3) is 0.0833. The van der Waals surface area contributed by atoms with Crippen molar-refractivity contribution in [2.75, 3.05) is 0 Å². The minimum atomic E-state index is -0.600. The van der Waals surface area contributed by atoms with Gasteiger partial charge in [-0.05, 0) is 24.3 Å². The lowest BCUT2D eigenvalue weighted by Crippen LogP contribution is -1.99. The van der Waals surface area contributed by atoms with Gasteiger partial charge < -0.3 is 4.74 Å². The molecule has 0 fully saturated rings. The van der Waals surface area contributed by atoms with Gasteiger partial charge in [0.1, 0.15) is 16.9 Å². The molecule has 0 bridgehead atoms. The van der Waals surface area contributed by atoms with Gasteiger partial charge in [0, 0.05) is 5.56 Å². The lowest BCUT2D eigenvalue weighted by atomic mass is 10.3. The van der Waals surface area contributed by atoms with Crippen molar-refractivity contribution in [3.63, 3.8) is 0 Å². The number of benzene rings is 1. The molecular formula is C12H7Cl3FNO. The van der Waals surface area contributed by atoms with E-state index >= 15 is 0 Å². The van der Waals surface area contributed by atoms with Gasteiger partial charge >= 0.3 is 0 Å². The van der Waals surface area contributed by atoms with Crippen LogP contribution in [-0.4, -0.2) is 4.98 Å². The fourth-order valence-corrected chi connectivity index (χ4v) is 1.86. The molecule has 0 saturated heterocycles. The number of ether oxygens (including phenoxy) is 1. The van der Waals surface area contributed by atoms with E-state index in [1.165, 1.54) is 12.1 Å². The summed E-state index contributed by atoms with van der Waals surface area (Å²) in [6.45, 7) is 0.0836. The maximum absolute atomic E-state index is 13.5. The summed E-state index contributed by atoms with van der Waals surface area (Å²) in [7, 11) is 0. The van der Waals surface area contributed by atoms with Gasteiger partial charge in [-0.3, -0.25) is 0 Å². The Balaban J connectivity index is 2.14. The molecule has 2 aromatic rings. The van der Waals surface area contributed by atoms with Crippen molar-refractivity contribution in [1.29, 1.82) is 0 Å². The maximum atomic E-state index is 13.5. The average Bonchev–Trinajstić information content (AvgIpc) is 2.33. The first-order valence-electron chi connectivity index (χ1n) is 4.95. The standard InChI is InChI=1S/C12H7Cl3FNO/c13-8-2-1-3-9(11(8)16)18-6-7-4-5-10(14)17-12(7)15/h1-5H,6H2. The zero-order valence-corrected chi connectivity index (χ0v) is 11.2. The van der Waals surface area contributed by atoms with Crippen LogP contribution in [0, 0.1) is 5.82 Å². The van der Waals surface area contributed by atoms with Crippen LogP contribution in [0.5, 0.6) is 5.75 Å². The third kappa shape index (κ3) is 3.05. The topological polar surface area (TPSA) is 22.1 Å². The molecule has 6 heteroatoms. The van der Waals surface area contributed by atoms with Gasteiger partial charge in [0.15, 0.2) is 11.6 Å². The second-order valence-electron chi connectivity index (χ2n) is 3.42. The number of halogens is 4. The molecule has 0 N–H and O–H groups in total. The third-order valence-electron chi connectivity index (χ3n) is 2.19. The van der Waals surface area contributed by atoms with Gasteiger partial charge in [-0.25, -0.2) is 9.37 Å². The molecule has 2 nitrogen and oxygen atoms in total. The summed E-state index contributed by atoms with van der Waals surface area (Å²) >= 11 is 17.2. The van der Waals surface area contributed by atoms with Crippen molar-refractivity contribution in [2.45, 2.75) is 6.61 Å². The highest BCUT2D eigenvalue weighted by atomic mass is 35.5. The first kappa shape index (κ1) is 13.4. The Morgan fingerprint density at radius 3 is 2.61 bits per heavy atom. The second kappa shape index (κ2) is 5.74. The van der Waals surface area contributed by atoms with Gasteiger partial charge in [-0.15, -0.1) is 0 Å². The molecule has 94 valence electrons. The molecular weight excluding hydrogens is 299 g/mol. The smallest absolute Gasteiger partial charge is 0.183 e. The molecule has 1 aromatic carbocycles. The van der Waals surface area contributed by atoms with Crippen molar-refractivity contribution < 1.29 is 9.13 Å². The predicted octanol–water partition coefficient (Wildman–Crippen LogP) is 4.76. The highest BCUT2D eigenvalue weighted by Gasteiger charge is 2.09. The molecule has 1 heterocycles. The van der Waals surface area contributed by atoms with E-state index in [-0.39, 0.29) is 27.7 Å². The first-order valence-corrected chi connectivity index (χ1v) is 6.09. The van der Waals surface area contributed by atoms with Gasteiger partial charge in [0.25, 0.3) is 0 Å². The van der Waals surface area contributed by atoms with E-state index < -0.39 is 5.82 Å². The molecule has 0 unspecified atom stereocenters. The van der Waals surface area contributed by atoms with Crippen LogP contribution in [-0.2, 0) is 6.61 Å². The van der Waals surface area contributed by atoms with Crippen LogP contribution < -0.4 is 4.74 Å². The van der Waals surface area contributed by atoms with Gasteiger partial charge in [0.2, 0.25) is 0 Å². The highest BCUT2D eigenvalue weighted by Crippen LogP contribution is 2.25. The van der Waals surface area contributed by atoms with Crippen LogP contribution in [0.2, 0.25) is 15.3 Å². The Hall–Kier alpha value is -1.03. The Kier molecular flexibility index (Phi) is 4.27. The van der Waals surface area contributed by atoms with Gasteiger partial charge in [0.05, 0.1) is 5.02 Å². The lowest BCUT2D eigenvalue weighted by Gasteiger charge is -2.08. The summed E-state index contributed by atoms with van der Waals surface area (Å²) in [4.78, 5) is 3.86. The zero-order valence-electron chi connectivity index (χ0n) is 8.96. The Labute approximate surface area is 118 Å². The molecule has 0 spiro atoms. The lowest BCUT2D eigenvalue weighted by molar-refractivity contribution is 0.290. The van der Waals surface area contributed by atoms with E-state index in [1.807, 2.05) is 0 Å². The van der Waals surface area contributed by atoms with Crippen molar-refractivity contribution in [3.8, 4) is 5.75 Å². The van der Waals surface area contributed by atoms with Crippen LogP contribution in [0.15, 0.2) is 30.3 Å². The van der Waals surface area contributed by atoms with Crippen LogP contribution in [0.4, 0.5) is 4.39 Å². The Bertz CT molecular complexity index is 577. The third-order valence-corrected chi connectivity index (χ3v) is 3.02. The Morgan fingerprint density at radius 1 is 1.11 bits per heavy atom.